The number of nitrogens with one attached hydrogen (secondary N) is 1. The second-order valence-electron chi connectivity index (χ2n) is 3.75. The van der Waals surface area contributed by atoms with E-state index < -0.39 is 5.97 Å². The van der Waals surface area contributed by atoms with Crippen LogP contribution in [0.3, 0.4) is 0 Å². The summed E-state index contributed by atoms with van der Waals surface area (Å²) in [6.45, 7) is 0. The molecule has 7 heteroatoms. The maximum atomic E-state index is 10.8. The van der Waals surface area contributed by atoms with Gasteiger partial charge in [-0.1, -0.05) is 0 Å². The number of rotatable bonds is 2. The first kappa shape index (κ1) is 10.3. The number of aromatic amines is 1. The maximum Gasteiger partial charge on any atom is 0.356 e. The molecule has 0 aliphatic rings. The lowest BCUT2D eigenvalue weighted by Crippen LogP contribution is -2.02. The number of hydrogen-bond donors (Lipinski definition) is 3. The Balaban J connectivity index is 2.24. The van der Waals surface area contributed by atoms with Gasteiger partial charge in [-0.3, -0.25) is 0 Å². The van der Waals surface area contributed by atoms with Crippen LogP contribution in [0.15, 0.2) is 30.5 Å². The van der Waals surface area contributed by atoms with Crippen LogP contribution in [-0.2, 0) is 0 Å². The van der Waals surface area contributed by atoms with Gasteiger partial charge in [0.25, 0.3) is 0 Å². The number of aromatic carboxylic acids is 1. The summed E-state index contributed by atoms with van der Waals surface area (Å²) in [5, 5.41) is 12.7. The normalized spacial score (nSPS) is 10.9. The average molecular weight is 243 g/mol. The van der Waals surface area contributed by atoms with Crippen LogP contribution in [0.1, 0.15) is 10.5 Å². The number of fused-ring (bicyclic) bond motifs is 1. The largest absolute Gasteiger partial charge is 0.476 e. The van der Waals surface area contributed by atoms with Gasteiger partial charge in [0, 0.05) is 18.3 Å². The van der Waals surface area contributed by atoms with E-state index in [4.69, 9.17) is 10.8 Å². The fourth-order valence-corrected chi connectivity index (χ4v) is 1.73. The number of nitrogens with two attached hydrogens (primary N) is 1. The number of aromatic nitrogens is 4. The molecule has 3 rings (SSSR count). The van der Waals surface area contributed by atoms with E-state index in [1.165, 1.54) is 10.6 Å². The van der Waals surface area contributed by atoms with Crippen molar-refractivity contribution in [3.05, 3.63) is 36.2 Å². The molecule has 0 unspecified atom stereocenters. The van der Waals surface area contributed by atoms with Gasteiger partial charge in [-0.25, -0.2) is 9.78 Å². The lowest BCUT2D eigenvalue weighted by Gasteiger charge is -2.02. The molecule has 90 valence electrons. The van der Waals surface area contributed by atoms with E-state index in [1.807, 2.05) is 12.1 Å². The van der Waals surface area contributed by atoms with Crippen molar-refractivity contribution in [1.82, 2.24) is 19.6 Å². The maximum absolute atomic E-state index is 10.8. The van der Waals surface area contributed by atoms with Crippen molar-refractivity contribution in [2.75, 3.05) is 5.73 Å². The Labute approximate surface area is 101 Å². The number of nitrogens with zero attached hydrogens (tertiary/aromatic N) is 3. The standard InChI is InChI=1S/C11H9N5O2/c12-9-4-7(6-2-1-3-13-6)14-10-5-8(11(17)18)15-16(9)10/h1-5,13H,12H2,(H,17,18). The first-order valence-corrected chi connectivity index (χ1v) is 5.18. The molecule has 0 bridgehead atoms. The molecule has 0 amide bonds. The SMILES string of the molecule is Nc1cc(-c2ccc[nH]2)nc2cc(C(=O)O)nn12. The van der Waals surface area contributed by atoms with E-state index in [0.717, 1.165) is 5.69 Å². The van der Waals surface area contributed by atoms with Gasteiger partial charge < -0.3 is 15.8 Å². The molecule has 0 aromatic carbocycles. The molecule has 0 atom stereocenters. The summed E-state index contributed by atoms with van der Waals surface area (Å²) in [5.74, 6) is -0.779. The summed E-state index contributed by atoms with van der Waals surface area (Å²) in [7, 11) is 0. The molecule has 0 saturated carbocycles. The van der Waals surface area contributed by atoms with Gasteiger partial charge in [-0.15, -0.1) is 0 Å². The minimum atomic E-state index is -1.11. The van der Waals surface area contributed by atoms with Gasteiger partial charge in [-0.05, 0) is 12.1 Å². The van der Waals surface area contributed by atoms with Gasteiger partial charge in [0.2, 0.25) is 0 Å². The lowest BCUT2D eigenvalue weighted by atomic mass is 10.3. The number of hydrogen-bond acceptors (Lipinski definition) is 4. The Morgan fingerprint density at radius 3 is 2.94 bits per heavy atom. The zero-order valence-corrected chi connectivity index (χ0v) is 9.16. The van der Waals surface area contributed by atoms with E-state index in [9.17, 15) is 4.79 Å². The first-order valence-electron chi connectivity index (χ1n) is 5.18. The number of carboxylic acids is 1. The number of H-pyrrole nitrogens is 1. The van der Waals surface area contributed by atoms with E-state index in [-0.39, 0.29) is 5.69 Å². The van der Waals surface area contributed by atoms with Gasteiger partial charge in [0.05, 0.1) is 11.4 Å². The Morgan fingerprint density at radius 1 is 1.44 bits per heavy atom. The number of anilines is 1. The monoisotopic (exact) mass is 243 g/mol. The molecular formula is C11H9N5O2. The fourth-order valence-electron chi connectivity index (χ4n) is 1.73. The third kappa shape index (κ3) is 1.49. The molecule has 0 saturated heterocycles. The number of carbonyl (C=O) groups is 1. The summed E-state index contributed by atoms with van der Waals surface area (Å²) < 4.78 is 1.30. The predicted molar refractivity (Wildman–Crippen MR) is 64.1 cm³/mol. The highest BCUT2D eigenvalue weighted by Gasteiger charge is 2.13. The molecule has 3 aromatic rings. The van der Waals surface area contributed by atoms with Crippen molar-refractivity contribution in [3.63, 3.8) is 0 Å². The Bertz CT molecular complexity index is 729. The Kier molecular flexibility index (Phi) is 2.06. The minimum absolute atomic E-state index is 0.0853. The summed E-state index contributed by atoms with van der Waals surface area (Å²) in [5.41, 5.74) is 7.59. The zero-order valence-electron chi connectivity index (χ0n) is 9.16. The van der Waals surface area contributed by atoms with Gasteiger partial charge in [-0.2, -0.15) is 9.61 Å². The summed E-state index contributed by atoms with van der Waals surface area (Å²) >= 11 is 0. The van der Waals surface area contributed by atoms with Crippen LogP contribution in [-0.4, -0.2) is 30.7 Å². The number of nitrogen functional groups attached to an aromatic ring is 1. The average Bonchev–Trinajstić information content (AvgIpc) is 2.97. The zero-order chi connectivity index (χ0) is 12.7. The highest BCUT2D eigenvalue weighted by molar-refractivity contribution is 5.87. The Hall–Kier alpha value is -2.83. The van der Waals surface area contributed by atoms with Gasteiger partial charge in [0.1, 0.15) is 5.82 Å². The highest BCUT2D eigenvalue weighted by atomic mass is 16.4. The molecule has 0 radical (unpaired) electrons. The molecule has 18 heavy (non-hydrogen) atoms. The van der Waals surface area contributed by atoms with E-state index in [2.05, 4.69) is 15.1 Å². The molecule has 0 aliphatic carbocycles. The van der Waals surface area contributed by atoms with Gasteiger partial charge >= 0.3 is 5.97 Å². The van der Waals surface area contributed by atoms with Crippen LogP contribution in [0, 0.1) is 0 Å². The van der Waals surface area contributed by atoms with Crippen LogP contribution in [0.5, 0.6) is 0 Å². The van der Waals surface area contributed by atoms with Gasteiger partial charge in [0.15, 0.2) is 11.3 Å². The molecular weight excluding hydrogens is 234 g/mol. The molecule has 0 spiro atoms. The van der Waals surface area contributed by atoms with Crippen molar-refractivity contribution >= 4 is 17.4 Å². The van der Waals surface area contributed by atoms with Crippen molar-refractivity contribution in [2.45, 2.75) is 0 Å². The molecule has 7 nitrogen and oxygen atoms in total. The van der Waals surface area contributed by atoms with Crippen molar-refractivity contribution in [3.8, 4) is 11.4 Å². The van der Waals surface area contributed by atoms with Crippen LogP contribution in [0.2, 0.25) is 0 Å². The van der Waals surface area contributed by atoms with Crippen LogP contribution in [0.4, 0.5) is 5.82 Å². The van der Waals surface area contributed by atoms with E-state index in [0.29, 0.717) is 17.2 Å². The third-order valence-corrected chi connectivity index (χ3v) is 2.55. The third-order valence-electron chi connectivity index (χ3n) is 2.55. The Morgan fingerprint density at radius 2 is 2.28 bits per heavy atom. The van der Waals surface area contributed by atoms with Crippen molar-refractivity contribution in [1.29, 1.82) is 0 Å². The second-order valence-corrected chi connectivity index (χ2v) is 3.75. The topological polar surface area (TPSA) is 109 Å². The minimum Gasteiger partial charge on any atom is -0.476 e. The fraction of sp³-hybridized carbons (Fsp3) is 0. The van der Waals surface area contributed by atoms with E-state index in [1.54, 1.807) is 12.3 Å². The van der Waals surface area contributed by atoms with Crippen molar-refractivity contribution in [2.24, 2.45) is 0 Å². The number of carboxylic acid groups (broad SMARTS) is 1. The summed E-state index contributed by atoms with van der Waals surface area (Å²) in [6, 6.07) is 6.71. The molecule has 4 N–H and O–H groups in total. The molecule has 0 fully saturated rings. The summed E-state index contributed by atoms with van der Waals surface area (Å²) in [4.78, 5) is 18.2. The molecule has 3 aromatic heterocycles. The molecule has 3 heterocycles. The smallest absolute Gasteiger partial charge is 0.356 e. The quantitative estimate of drug-likeness (QED) is 0.622. The highest BCUT2D eigenvalue weighted by Crippen LogP contribution is 2.19. The van der Waals surface area contributed by atoms with Crippen LogP contribution in [0.25, 0.3) is 17.0 Å². The van der Waals surface area contributed by atoms with Crippen LogP contribution < -0.4 is 5.73 Å². The lowest BCUT2D eigenvalue weighted by molar-refractivity contribution is 0.0690. The first-order chi connectivity index (χ1) is 8.65. The second kappa shape index (κ2) is 3.59. The predicted octanol–water partition coefficient (Wildman–Crippen LogP) is 1.00. The van der Waals surface area contributed by atoms with Crippen LogP contribution >= 0.6 is 0 Å². The van der Waals surface area contributed by atoms with Crippen molar-refractivity contribution < 1.29 is 9.90 Å². The van der Waals surface area contributed by atoms with E-state index >= 15 is 0 Å². The molecule has 0 aliphatic heterocycles. The summed E-state index contributed by atoms with van der Waals surface area (Å²) in [6.07, 6.45) is 1.77.